The number of ether oxygens (including phenoxy) is 1. The Kier molecular flexibility index (Phi) is 6.62. The average Bonchev–Trinajstić information content (AvgIpc) is 3.01. The Labute approximate surface area is 178 Å². The molecule has 2 amide bonds. The third-order valence-corrected chi connectivity index (χ3v) is 6.40. The second kappa shape index (κ2) is 8.85. The average molecular weight is 437 g/mol. The maximum atomic E-state index is 13.3. The van der Waals surface area contributed by atoms with Crippen molar-refractivity contribution in [3.05, 3.63) is 34.4 Å². The molecular weight excluding hydrogens is 408 g/mol. The zero-order valence-corrected chi connectivity index (χ0v) is 18.5. The minimum absolute atomic E-state index is 0.166. The molecule has 1 aliphatic heterocycles. The molecule has 0 saturated carbocycles. The lowest BCUT2D eigenvalue weighted by Crippen LogP contribution is -2.61. The summed E-state index contributed by atoms with van der Waals surface area (Å²) in [6.07, 6.45) is 1.03. The normalized spacial score (nSPS) is 23.3. The van der Waals surface area contributed by atoms with Gasteiger partial charge in [0.15, 0.2) is 11.1 Å². The van der Waals surface area contributed by atoms with E-state index in [1.54, 1.807) is 0 Å². The van der Waals surface area contributed by atoms with Gasteiger partial charge in [0.05, 0.1) is 19.5 Å². The van der Waals surface area contributed by atoms with Crippen LogP contribution in [0.2, 0.25) is 0 Å². The van der Waals surface area contributed by atoms with Crippen molar-refractivity contribution in [3.63, 3.8) is 0 Å². The second-order valence-corrected chi connectivity index (χ2v) is 9.53. The third-order valence-electron chi connectivity index (χ3n) is 5.47. The van der Waals surface area contributed by atoms with Crippen LogP contribution in [0, 0.1) is 5.92 Å². The quantitative estimate of drug-likeness (QED) is 0.645. The van der Waals surface area contributed by atoms with Crippen molar-refractivity contribution in [1.82, 2.24) is 10.6 Å². The first kappa shape index (κ1) is 22.4. The lowest BCUT2D eigenvalue weighted by molar-refractivity contribution is -0.146. The van der Waals surface area contributed by atoms with Gasteiger partial charge in [-0.1, -0.05) is 26.0 Å². The highest BCUT2D eigenvalue weighted by Crippen LogP contribution is 2.35. The highest BCUT2D eigenvalue weighted by Gasteiger charge is 2.46. The molecule has 1 heterocycles. The maximum absolute atomic E-state index is 13.3. The van der Waals surface area contributed by atoms with Gasteiger partial charge >= 0.3 is 5.97 Å². The highest BCUT2D eigenvalue weighted by atomic mass is 32.2. The molecule has 2 aliphatic rings. The first-order chi connectivity index (χ1) is 14.1. The zero-order chi connectivity index (χ0) is 22.1. The molecule has 0 radical (unpaired) electrons. The Morgan fingerprint density at radius 1 is 1.17 bits per heavy atom. The number of benzene rings is 1. The zero-order valence-electron chi connectivity index (χ0n) is 17.7. The van der Waals surface area contributed by atoms with E-state index in [1.165, 1.54) is 14.0 Å². The summed E-state index contributed by atoms with van der Waals surface area (Å²) in [6.45, 7) is 5.53. The summed E-state index contributed by atoms with van der Waals surface area (Å²) in [4.78, 5) is 37.5. The Morgan fingerprint density at radius 3 is 2.37 bits per heavy atom. The lowest BCUT2D eigenvalue weighted by Gasteiger charge is -2.30. The number of amides is 2. The first-order valence-corrected chi connectivity index (χ1v) is 11.2. The number of methoxy groups -OCH3 is 1. The third kappa shape index (κ3) is 4.73. The molecule has 0 bridgehead atoms. The predicted octanol–water partition coefficient (Wildman–Crippen LogP) is 1.06. The van der Waals surface area contributed by atoms with Crippen molar-refractivity contribution in [2.75, 3.05) is 7.11 Å². The molecule has 1 aromatic rings. The van der Waals surface area contributed by atoms with E-state index in [4.69, 9.17) is 8.92 Å². The minimum atomic E-state index is -1.36. The molecule has 164 valence electrons. The van der Waals surface area contributed by atoms with Crippen LogP contribution in [-0.4, -0.2) is 40.7 Å². The maximum Gasteiger partial charge on any atom is 0.328 e. The predicted molar refractivity (Wildman–Crippen MR) is 110 cm³/mol. The SMILES string of the molecule is COC(=O)C(CC(C)C)NC(=O)C1(NC(C)=O)Cc2cc3c(cc2C1)CS(=O)OC3. The number of fused-ring (bicyclic) bond motifs is 2. The standard InChI is InChI=1S/C21H28N2O6S/c1-12(2)5-18(19(25)28-4)22-20(26)21(23-13(3)24)8-14-6-16-10-29-30(27)11-17(16)7-15(14)9-21/h6-7,12,18H,5,8-11H2,1-4H3,(H,22,26)(H,23,24). The molecule has 1 aliphatic carbocycles. The van der Waals surface area contributed by atoms with E-state index in [-0.39, 0.29) is 18.4 Å². The number of hydrogen-bond acceptors (Lipinski definition) is 6. The monoisotopic (exact) mass is 436 g/mol. The summed E-state index contributed by atoms with van der Waals surface area (Å²) in [6, 6.07) is 3.12. The van der Waals surface area contributed by atoms with E-state index >= 15 is 0 Å². The second-order valence-electron chi connectivity index (χ2n) is 8.40. The molecule has 0 aromatic heterocycles. The van der Waals surface area contributed by atoms with Crippen molar-refractivity contribution in [2.45, 2.75) is 64.0 Å². The van der Waals surface area contributed by atoms with Gasteiger partial charge in [0, 0.05) is 19.8 Å². The topological polar surface area (TPSA) is 111 Å². The number of carbonyl (C=O) groups excluding carboxylic acids is 3. The van der Waals surface area contributed by atoms with Crippen LogP contribution in [-0.2, 0) is 59.6 Å². The van der Waals surface area contributed by atoms with Crippen molar-refractivity contribution in [3.8, 4) is 0 Å². The van der Waals surface area contributed by atoms with Gasteiger partial charge in [-0.25, -0.2) is 9.00 Å². The molecule has 30 heavy (non-hydrogen) atoms. The van der Waals surface area contributed by atoms with Crippen LogP contribution in [0.25, 0.3) is 0 Å². The van der Waals surface area contributed by atoms with Crippen LogP contribution >= 0.6 is 0 Å². The summed E-state index contributed by atoms with van der Waals surface area (Å²) in [5, 5.41) is 5.62. The van der Waals surface area contributed by atoms with Crippen molar-refractivity contribution < 1.29 is 27.5 Å². The molecule has 3 atom stereocenters. The highest BCUT2D eigenvalue weighted by molar-refractivity contribution is 7.79. The van der Waals surface area contributed by atoms with Crippen LogP contribution in [0.5, 0.6) is 0 Å². The van der Waals surface area contributed by atoms with E-state index in [2.05, 4.69) is 10.6 Å². The molecular formula is C21H28N2O6S. The summed E-state index contributed by atoms with van der Waals surface area (Å²) >= 11 is -1.36. The minimum Gasteiger partial charge on any atom is -0.467 e. The Balaban J connectivity index is 1.89. The van der Waals surface area contributed by atoms with E-state index in [1.807, 2.05) is 26.0 Å². The van der Waals surface area contributed by atoms with Gasteiger partial charge < -0.3 is 15.4 Å². The number of esters is 1. The molecule has 9 heteroatoms. The molecule has 0 spiro atoms. The van der Waals surface area contributed by atoms with Gasteiger partial charge in [-0.3, -0.25) is 13.8 Å². The van der Waals surface area contributed by atoms with E-state index in [0.717, 1.165) is 22.3 Å². The van der Waals surface area contributed by atoms with Gasteiger partial charge in [0.2, 0.25) is 11.8 Å². The molecule has 3 rings (SSSR count). The molecule has 2 N–H and O–H groups in total. The number of carbonyl (C=O) groups is 3. The van der Waals surface area contributed by atoms with E-state index < -0.39 is 34.5 Å². The van der Waals surface area contributed by atoms with Gasteiger partial charge in [0.1, 0.15) is 11.6 Å². The molecule has 0 fully saturated rings. The van der Waals surface area contributed by atoms with Crippen LogP contribution in [0.1, 0.15) is 49.4 Å². The fraction of sp³-hybridized carbons (Fsp3) is 0.571. The fourth-order valence-corrected chi connectivity index (χ4v) is 5.03. The van der Waals surface area contributed by atoms with E-state index in [9.17, 15) is 18.6 Å². The fourth-order valence-electron chi connectivity index (χ4n) is 4.17. The smallest absolute Gasteiger partial charge is 0.328 e. The van der Waals surface area contributed by atoms with Crippen molar-refractivity contribution >= 4 is 28.9 Å². The summed E-state index contributed by atoms with van der Waals surface area (Å²) in [7, 11) is 1.29. The Morgan fingerprint density at radius 2 is 1.80 bits per heavy atom. The summed E-state index contributed by atoms with van der Waals surface area (Å²) in [5.41, 5.74) is 2.55. The van der Waals surface area contributed by atoms with Crippen LogP contribution in [0.4, 0.5) is 0 Å². The molecule has 3 unspecified atom stereocenters. The summed E-state index contributed by atoms with van der Waals surface area (Å²) in [5.74, 6) is -0.783. The largest absolute Gasteiger partial charge is 0.467 e. The number of nitrogens with one attached hydrogen (secondary N) is 2. The Bertz CT molecular complexity index is 900. The van der Waals surface area contributed by atoms with Crippen LogP contribution < -0.4 is 10.6 Å². The Hall–Kier alpha value is -2.26. The van der Waals surface area contributed by atoms with Crippen molar-refractivity contribution in [2.24, 2.45) is 5.92 Å². The van der Waals surface area contributed by atoms with Gasteiger partial charge in [-0.05, 0) is 34.6 Å². The van der Waals surface area contributed by atoms with Crippen molar-refractivity contribution in [1.29, 1.82) is 0 Å². The van der Waals surface area contributed by atoms with Crippen LogP contribution in [0.3, 0.4) is 0 Å². The molecule has 8 nitrogen and oxygen atoms in total. The van der Waals surface area contributed by atoms with Gasteiger partial charge in [0.25, 0.3) is 0 Å². The van der Waals surface area contributed by atoms with E-state index in [0.29, 0.717) is 25.0 Å². The number of hydrogen-bond donors (Lipinski definition) is 2. The van der Waals surface area contributed by atoms with Gasteiger partial charge in [-0.15, -0.1) is 0 Å². The molecule has 0 saturated heterocycles. The molecule has 1 aromatic carbocycles. The van der Waals surface area contributed by atoms with Gasteiger partial charge in [-0.2, -0.15) is 0 Å². The first-order valence-electron chi connectivity index (χ1n) is 9.96. The summed E-state index contributed by atoms with van der Waals surface area (Å²) < 4.78 is 21.8. The number of rotatable bonds is 6. The van der Waals surface area contributed by atoms with Crippen LogP contribution in [0.15, 0.2) is 12.1 Å². The lowest BCUT2D eigenvalue weighted by atomic mass is 9.93.